The van der Waals surface area contributed by atoms with E-state index in [1.54, 1.807) is 4.57 Å². The number of hydrogen-bond donors (Lipinski definition) is 1. The zero-order chi connectivity index (χ0) is 15.7. The minimum Gasteiger partial charge on any atom is -0.329 e. The Morgan fingerprint density at radius 1 is 1.29 bits per heavy atom. The Kier molecular flexibility index (Phi) is 4.32. The summed E-state index contributed by atoms with van der Waals surface area (Å²) >= 11 is 0. The minimum absolute atomic E-state index is 0.0160. The number of aryl methyl sites for hydroxylation is 1. The van der Waals surface area contributed by atoms with E-state index in [-0.39, 0.29) is 17.3 Å². The van der Waals surface area contributed by atoms with Crippen LogP contribution < -0.4 is 17.0 Å². The van der Waals surface area contributed by atoms with E-state index < -0.39 is 0 Å². The van der Waals surface area contributed by atoms with Crippen molar-refractivity contribution in [3.05, 3.63) is 26.7 Å². The van der Waals surface area contributed by atoms with Gasteiger partial charge < -0.3 is 10.3 Å². The molecule has 0 saturated carbocycles. The second-order valence-electron chi connectivity index (χ2n) is 5.27. The Hall–Kier alpha value is -1.89. The standard InChI is InChI=1S/C14H23N5O2/c1-5-9(3)19-12-11(13(20)17(4)14(19)21)18(8-7-15)10(6-2)16-12/h9H,5-8,15H2,1-4H3. The molecule has 21 heavy (non-hydrogen) atoms. The van der Waals surface area contributed by atoms with E-state index in [1.165, 1.54) is 7.05 Å². The summed E-state index contributed by atoms with van der Waals surface area (Å²) in [7, 11) is 1.51. The molecule has 1 unspecified atom stereocenters. The highest BCUT2D eigenvalue weighted by Crippen LogP contribution is 2.17. The van der Waals surface area contributed by atoms with E-state index in [2.05, 4.69) is 4.98 Å². The SMILES string of the molecule is CCc1nc2c(c(=O)n(C)c(=O)n2C(C)CC)n1CCN. The monoisotopic (exact) mass is 293 g/mol. The lowest BCUT2D eigenvalue weighted by Gasteiger charge is -2.15. The van der Waals surface area contributed by atoms with E-state index in [4.69, 9.17) is 5.73 Å². The molecule has 2 aromatic heterocycles. The number of fused-ring (bicyclic) bond motifs is 1. The van der Waals surface area contributed by atoms with Crippen molar-refractivity contribution in [2.45, 2.75) is 46.2 Å². The average Bonchev–Trinajstić information content (AvgIpc) is 2.83. The fourth-order valence-corrected chi connectivity index (χ4v) is 2.58. The summed E-state index contributed by atoms with van der Waals surface area (Å²) < 4.78 is 4.61. The van der Waals surface area contributed by atoms with Crippen LogP contribution >= 0.6 is 0 Å². The number of rotatable bonds is 5. The smallest absolute Gasteiger partial charge is 0.329 e. The van der Waals surface area contributed by atoms with Gasteiger partial charge in [-0.15, -0.1) is 0 Å². The lowest BCUT2D eigenvalue weighted by atomic mass is 10.2. The van der Waals surface area contributed by atoms with Crippen LogP contribution in [0.5, 0.6) is 0 Å². The van der Waals surface area contributed by atoms with Crippen LogP contribution in [0.3, 0.4) is 0 Å². The summed E-state index contributed by atoms with van der Waals surface area (Å²) in [4.78, 5) is 29.4. The summed E-state index contributed by atoms with van der Waals surface area (Å²) in [5.74, 6) is 0.787. The molecule has 2 N–H and O–H groups in total. The molecule has 7 heteroatoms. The minimum atomic E-state index is -0.318. The second kappa shape index (κ2) is 5.85. The van der Waals surface area contributed by atoms with Gasteiger partial charge in [-0.1, -0.05) is 13.8 Å². The molecule has 0 bridgehead atoms. The molecular formula is C14H23N5O2. The highest BCUT2D eigenvalue weighted by Gasteiger charge is 2.21. The van der Waals surface area contributed by atoms with Gasteiger partial charge in [0.1, 0.15) is 5.82 Å². The van der Waals surface area contributed by atoms with Gasteiger partial charge in [0, 0.05) is 32.6 Å². The summed E-state index contributed by atoms with van der Waals surface area (Å²) in [6.45, 7) is 6.88. The molecule has 2 heterocycles. The van der Waals surface area contributed by atoms with Crippen molar-refractivity contribution in [1.82, 2.24) is 18.7 Å². The van der Waals surface area contributed by atoms with Gasteiger partial charge in [-0.3, -0.25) is 13.9 Å². The summed E-state index contributed by atoms with van der Waals surface area (Å²) in [5, 5.41) is 0. The Balaban J connectivity index is 2.99. The molecule has 0 amide bonds. The van der Waals surface area contributed by atoms with Gasteiger partial charge in [-0.05, 0) is 13.3 Å². The molecule has 2 aromatic rings. The first-order chi connectivity index (χ1) is 9.97. The predicted octanol–water partition coefficient (Wildman–Crippen LogP) is 0.389. The molecular weight excluding hydrogens is 270 g/mol. The highest BCUT2D eigenvalue weighted by molar-refractivity contribution is 5.71. The normalized spacial score (nSPS) is 13.0. The fourth-order valence-electron chi connectivity index (χ4n) is 2.58. The molecule has 2 rings (SSSR count). The van der Waals surface area contributed by atoms with Crippen molar-refractivity contribution in [2.75, 3.05) is 6.54 Å². The number of hydrogen-bond acceptors (Lipinski definition) is 4. The Morgan fingerprint density at radius 3 is 2.48 bits per heavy atom. The summed E-state index contributed by atoms with van der Waals surface area (Å²) in [6.07, 6.45) is 1.48. The highest BCUT2D eigenvalue weighted by atomic mass is 16.2. The van der Waals surface area contributed by atoms with Crippen LogP contribution in [-0.2, 0) is 20.0 Å². The van der Waals surface area contributed by atoms with Crippen molar-refractivity contribution in [1.29, 1.82) is 0 Å². The van der Waals surface area contributed by atoms with E-state index in [0.717, 1.165) is 16.8 Å². The predicted molar refractivity (Wildman–Crippen MR) is 82.7 cm³/mol. The zero-order valence-electron chi connectivity index (χ0n) is 13.1. The molecule has 0 fully saturated rings. The van der Waals surface area contributed by atoms with Gasteiger partial charge in [-0.25, -0.2) is 9.78 Å². The second-order valence-corrected chi connectivity index (χ2v) is 5.27. The van der Waals surface area contributed by atoms with Crippen LogP contribution in [0.15, 0.2) is 9.59 Å². The van der Waals surface area contributed by atoms with E-state index >= 15 is 0 Å². The maximum Gasteiger partial charge on any atom is 0.332 e. The molecule has 0 saturated heterocycles. The largest absolute Gasteiger partial charge is 0.332 e. The maximum atomic E-state index is 12.5. The third-order valence-corrected chi connectivity index (χ3v) is 3.96. The lowest BCUT2D eigenvalue weighted by Crippen LogP contribution is -2.40. The van der Waals surface area contributed by atoms with Gasteiger partial charge in [0.2, 0.25) is 0 Å². The van der Waals surface area contributed by atoms with E-state index in [1.807, 2.05) is 25.3 Å². The number of nitrogens with zero attached hydrogens (tertiary/aromatic N) is 4. The topological polar surface area (TPSA) is 87.8 Å². The summed E-state index contributed by atoms with van der Waals surface area (Å²) in [6, 6.07) is -0.0160. The van der Waals surface area contributed by atoms with Crippen molar-refractivity contribution < 1.29 is 0 Å². The first-order valence-electron chi connectivity index (χ1n) is 7.38. The maximum absolute atomic E-state index is 12.5. The van der Waals surface area contributed by atoms with Gasteiger partial charge in [0.05, 0.1) is 0 Å². The molecule has 7 nitrogen and oxygen atoms in total. The summed E-state index contributed by atoms with van der Waals surface area (Å²) in [5.41, 5.74) is 5.97. The Morgan fingerprint density at radius 2 is 1.95 bits per heavy atom. The van der Waals surface area contributed by atoms with Gasteiger partial charge >= 0.3 is 5.69 Å². The molecule has 0 aliphatic rings. The Bertz CT molecular complexity index is 768. The molecule has 0 aromatic carbocycles. The van der Waals surface area contributed by atoms with Gasteiger partial charge in [0.15, 0.2) is 11.2 Å². The molecule has 0 aliphatic heterocycles. The van der Waals surface area contributed by atoms with Crippen LogP contribution in [0.4, 0.5) is 0 Å². The van der Waals surface area contributed by atoms with E-state index in [9.17, 15) is 9.59 Å². The number of nitrogens with two attached hydrogens (primary N) is 1. The third-order valence-electron chi connectivity index (χ3n) is 3.96. The van der Waals surface area contributed by atoms with Gasteiger partial charge in [0.25, 0.3) is 5.56 Å². The molecule has 1 atom stereocenters. The first-order valence-corrected chi connectivity index (χ1v) is 7.38. The van der Waals surface area contributed by atoms with Crippen LogP contribution in [-0.4, -0.2) is 25.2 Å². The quantitative estimate of drug-likeness (QED) is 0.863. The molecule has 116 valence electrons. The van der Waals surface area contributed by atoms with Crippen LogP contribution in [0.1, 0.15) is 39.1 Å². The van der Waals surface area contributed by atoms with Crippen LogP contribution in [0.25, 0.3) is 11.2 Å². The van der Waals surface area contributed by atoms with Crippen molar-refractivity contribution in [3.8, 4) is 0 Å². The fraction of sp³-hybridized carbons (Fsp3) is 0.643. The third kappa shape index (κ3) is 2.31. The zero-order valence-corrected chi connectivity index (χ0v) is 13.1. The van der Waals surface area contributed by atoms with Crippen molar-refractivity contribution >= 4 is 11.2 Å². The number of aromatic nitrogens is 4. The number of imidazole rings is 1. The Labute approximate surface area is 123 Å². The van der Waals surface area contributed by atoms with Crippen molar-refractivity contribution in [3.63, 3.8) is 0 Å². The van der Waals surface area contributed by atoms with Crippen LogP contribution in [0, 0.1) is 0 Å². The first kappa shape index (κ1) is 15.5. The average molecular weight is 293 g/mol. The molecule has 0 spiro atoms. The van der Waals surface area contributed by atoms with Crippen molar-refractivity contribution in [2.24, 2.45) is 12.8 Å². The lowest BCUT2D eigenvalue weighted by molar-refractivity contribution is 0.499. The van der Waals surface area contributed by atoms with Gasteiger partial charge in [-0.2, -0.15) is 0 Å². The molecule has 0 radical (unpaired) electrons. The molecule has 0 aliphatic carbocycles. The van der Waals surface area contributed by atoms with Crippen LogP contribution in [0.2, 0.25) is 0 Å². The van der Waals surface area contributed by atoms with E-state index in [0.29, 0.717) is 30.7 Å².